The summed E-state index contributed by atoms with van der Waals surface area (Å²) in [6, 6.07) is 22.1. The van der Waals surface area contributed by atoms with E-state index < -0.39 is 0 Å². The third-order valence-corrected chi connectivity index (χ3v) is 4.28. The molecule has 0 aromatic heterocycles. The number of methoxy groups -OCH3 is 1. The highest BCUT2D eigenvalue weighted by atomic mass is 16.5. The Morgan fingerprint density at radius 2 is 1.67 bits per heavy atom. The van der Waals surface area contributed by atoms with E-state index in [1.807, 2.05) is 49.5 Å². The first-order chi connectivity index (χ1) is 11.7. The van der Waals surface area contributed by atoms with Crippen molar-refractivity contribution in [2.24, 2.45) is 0 Å². The molecule has 0 bridgehead atoms. The Balaban J connectivity index is 1.66. The highest BCUT2D eigenvalue weighted by molar-refractivity contribution is 5.96. The first-order valence-corrected chi connectivity index (χ1v) is 8.05. The van der Waals surface area contributed by atoms with E-state index in [2.05, 4.69) is 24.3 Å². The molecule has 0 radical (unpaired) electrons. The zero-order chi connectivity index (χ0) is 16.9. The summed E-state index contributed by atoms with van der Waals surface area (Å²) >= 11 is 0. The highest BCUT2D eigenvalue weighted by Crippen LogP contribution is 2.22. The predicted octanol–water partition coefficient (Wildman–Crippen LogP) is 4.44. The summed E-state index contributed by atoms with van der Waals surface area (Å²) in [6.45, 7) is 0. The third kappa shape index (κ3) is 3.57. The molecule has 0 atom stereocenters. The molecule has 3 aromatic carbocycles. The first kappa shape index (κ1) is 16.1. The van der Waals surface area contributed by atoms with Gasteiger partial charge in [-0.25, -0.2) is 0 Å². The largest absolute Gasteiger partial charge is 0.497 e. The summed E-state index contributed by atoms with van der Waals surface area (Å²) in [7, 11) is 3.48. The minimum Gasteiger partial charge on any atom is -0.497 e. The zero-order valence-electron chi connectivity index (χ0n) is 14.0. The fraction of sp³-hybridized carbons (Fsp3) is 0.190. The average Bonchev–Trinajstić information content (AvgIpc) is 2.65. The van der Waals surface area contributed by atoms with E-state index >= 15 is 0 Å². The fourth-order valence-corrected chi connectivity index (χ4v) is 2.74. The van der Waals surface area contributed by atoms with E-state index in [4.69, 9.17) is 4.74 Å². The van der Waals surface area contributed by atoms with E-state index in [-0.39, 0.29) is 5.91 Å². The van der Waals surface area contributed by atoms with Gasteiger partial charge in [0, 0.05) is 19.2 Å². The van der Waals surface area contributed by atoms with Crippen LogP contribution in [-0.4, -0.2) is 20.1 Å². The molecule has 3 rings (SSSR count). The van der Waals surface area contributed by atoms with Crippen LogP contribution in [0.25, 0.3) is 10.8 Å². The van der Waals surface area contributed by atoms with Gasteiger partial charge in [0.25, 0.3) is 0 Å². The molecule has 24 heavy (non-hydrogen) atoms. The lowest BCUT2D eigenvalue weighted by atomic mass is 10.1. The van der Waals surface area contributed by atoms with Crippen molar-refractivity contribution in [1.29, 1.82) is 0 Å². The van der Waals surface area contributed by atoms with Crippen LogP contribution >= 0.6 is 0 Å². The van der Waals surface area contributed by atoms with Crippen molar-refractivity contribution in [3.05, 3.63) is 72.3 Å². The summed E-state index contributed by atoms with van der Waals surface area (Å²) in [6.07, 6.45) is 1.20. The first-order valence-electron chi connectivity index (χ1n) is 8.05. The second-order valence-corrected chi connectivity index (χ2v) is 5.83. The monoisotopic (exact) mass is 319 g/mol. The molecule has 0 N–H and O–H groups in total. The van der Waals surface area contributed by atoms with E-state index in [1.54, 1.807) is 12.0 Å². The molecule has 122 valence electrons. The van der Waals surface area contributed by atoms with Crippen LogP contribution in [0.5, 0.6) is 5.75 Å². The van der Waals surface area contributed by atoms with Crippen LogP contribution in [0.3, 0.4) is 0 Å². The maximum atomic E-state index is 12.5. The van der Waals surface area contributed by atoms with Crippen molar-refractivity contribution in [2.45, 2.75) is 12.8 Å². The maximum absolute atomic E-state index is 12.5. The number of amides is 1. The number of carbonyl (C=O) groups excluding carboxylic acids is 1. The Bertz CT molecular complexity index is 840. The Kier molecular flexibility index (Phi) is 4.80. The topological polar surface area (TPSA) is 29.5 Å². The molecule has 1 amide bonds. The van der Waals surface area contributed by atoms with Crippen molar-refractivity contribution in [1.82, 2.24) is 0 Å². The van der Waals surface area contributed by atoms with Gasteiger partial charge in [0.2, 0.25) is 5.91 Å². The zero-order valence-corrected chi connectivity index (χ0v) is 14.0. The van der Waals surface area contributed by atoms with Crippen LogP contribution < -0.4 is 9.64 Å². The van der Waals surface area contributed by atoms with Gasteiger partial charge in [-0.05, 0) is 47.0 Å². The predicted molar refractivity (Wildman–Crippen MR) is 98.7 cm³/mol. The number of benzene rings is 3. The average molecular weight is 319 g/mol. The van der Waals surface area contributed by atoms with E-state index in [0.717, 1.165) is 28.8 Å². The van der Waals surface area contributed by atoms with Crippen LogP contribution in [0.2, 0.25) is 0 Å². The number of carbonyl (C=O) groups is 1. The molecule has 0 unspecified atom stereocenters. The van der Waals surface area contributed by atoms with Crippen LogP contribution in [0, 0.1) is 0 Å². The van der Waals surface area contributed by atoms with Crippen molar-refractivity contribution in [3.8, 4) is 5.75 Å². The van der Waals surface area contributed by atoms with Gasteiger partial charge in [-0.3, -0.25) is 4.79 Å². The number of anilines is 1. The number of ether oxygens (including phenoxy) is 1. The van der Waals surface area contributed by atoms with Gasteiger partial charge in [0.15, 0.2) is 0 Å². The normalized spacial score (nSPS) is 10.6. The van der Waals surface area contributed by atoms with Gasteiger partial charge in [-0.1, -0.05) is 42.5 Å². The second-order valence-electron chi connectivity index (χ2n) is 5.83. The highest BCUT2D eigenvalue weighted by Gasteiger charge is 2.11. The van der Waals surface area contributed by atoms with Gasteiger partial charge in [0.1, 0.15) is 5.75 Å². The van der Waals surface area contributed by atoms with Gasteiger partial charge in [-0.15, -0.1) is 0 Å². The minimum atomic E-state index is 0.112. The van der Waals surface area contributed by atoms with Crippen LogP contribution in [0.1, 0.15) is 12.0 Å². The Hall–Kier alpha value is -2.81. The molecule has 0 aliphatic carbocycles. The summed E-state index contributed by atoms with van der Waals surface area (Å²) in [5, 5.41) is 2.32. The SMILES string of the molecule is COc1ccc(CCC(=O)N(C)c2ccc3ccccc3c2)cc1. The molecule has 3 aromatic rings. The van der Waals surface area contributed by atoms with Crippen molar-refractivity contribution in [3.63, 3.8) is 0 Å². The molecule has 0 heterocycles. The summed E-state index contributed by atoms with van der Waals surface area (Å²) in [5.41, 5.74) is 2.06. The molecule has 0 aliphatic heterocycles. The van der Waals surface area contributed by atoms with Gasteiger partial charge < -0.3 is 9.64 Å². The molecule has 3 nitrogen and oxygen atoms in total. The fourth-order valence-electron chi connectivity index (χ4n) is 2.74. The Labute approximate surface area is 142 Å². The lowest BCUT2D eigenvalue weighted by Crippen LogP contribution is -2.26. The van der Waals surface area contributed by atoms with Crippen molar-refractivity contribution >= 4 is 22.4 Å². The molecular formula is C21H21NO2. The smallest absolute Gasteiger partial charge is 0.227 e. The summed E-state index contributed by atoms with van der Waals surface area (Å²) in [4.78, 5) is 14.2. The molecular weight excluding hydrogens is 298 g/mol. The molecule has 0 saturated heterocycles. The van der Waals surface area contributed by atoms with Gasteiger partial charge >= 0.3 is 0 Å². The number of hydrogen-bond donors (Lipinski definition) is 0. The van der Waals surface area contributed by atoms with Crippen molar-refractivity contribution < 1.29 is 9.53 Å². The Morgan fingerprint density at radius 3 is 2.38 bits per heavy atom. The number of rotatable bonds is 5. The molecule has 3 heteroatoms. The van der Waals surface area contributed by atoms with Gasteiger partial charge in [-0.2, -0.15) is 0 Å². The molecule has 0 aliphatic rings. The molecule has 0 fully saturated rings. The third-order valence-electron chi connectivity index (χ3n) is 4.28. The summed E-state index contributed by atoms with van der Waals surface area (Å²) in [5.74, 6) is 0.944. The molecule has 0 spiro atoms. The molecule has 0 saturated carbocycles. The number of fused-ring (bicyclic) bond motifs is 1. The van der Waals surface area contributed by atoms with Gasteiger partial charge in [0.05, 0.1) is 7.11 Å². The summed E-state index contributed by atoms with van der Waals surface area (Å²) < 4.78 is 5.15. The van der Waals surface area contributed by atoms with E-state index in [1.165, 1.54) is 5.39 Å². The van der Waals surface area contributed by atoms with Crippen LogP contribution in [0.4, 0.5) is 5.69 Å². The Morgan fingerprint density at radius 1 is 0.958 bits per heavy atom. The standard InChI is InChI=1S/C21H21NO2/c1-22(19-11-10-17-5-3-4-6-18(17)15-19)21(23)14-9-16-7-12-20(24-2)13-8-16/h3-8,10-13,15H,9,14H2,1-2H3. The lowest BCUT2D eigenvalue weighted by Gasteiger charge is -2.18. The van der Waals surface area contributed by atoms with Crippen LogP contribution in [-0.2, 0) is 11.2 Å². The minimum absolute atomic E-state index is 0.112. The van der Waals surface area contributed by atoms with Crippen molar-refractivity contribution in [2.75, 3.05) is 19.1 Å². The van der Waals surface area contributed by atoms with Crippen LogP contribution in [0.15, 0.2) is 66.7 Å². The second kappa shape index (κ2) is 7.18. The number of aryl methyl sites for hydroxylation is 1. The van der Waals surface area contributed by atoms with E-state index in [9.17, 15) is 4.79 Å². The number of nitrogens with zero attached hydrogens (tertiary/aromatic N) is 1. The lowest BCUT2D eigenvalue weighted by molar-refractivity contribution is -0.118. The quantitative estimate of drug-likeness (QED) is 0.695. The van der Waals surface area contributed by atoms with E-state index in [0.29, 0.717) is 6.42 Å². The number of hydrogen-bond acceptors (Lipinski definition) is 2. The maximum Gasteiger partial charge on any atom is 0.227 e.